The van der Waals surface area contributed by atoms with Crippen LogP contribution in [0.4, 0.5) is 0 Å². The molecule has 4 N–H and O–H groups in total. The van der Waals surface area contributed by atoms with E-state index in [4.69, 9.17) is 0 Å². The van der Waals surface area contributed by atoms with Gasteiger partial charge in [0.2, 0.25) is 11.8 Å². The third kappa shape index (κ3) is 3.38. The minimum absolute atomic E-state index is 0.277. The summed E-state index contributed by atoms with van der Waals surface area (Å²) in [6.07, 6.45) is 0. The lowest BCUT2D eigenvalue weighted by Gasteiger charge is -2.44. The zero-order chi connectivity index (χ0) is 20.1. The number of carboxylic acids is 1. The smallest absolute Gasteiger partial charge is 0.349 e. The highest BCUT2D eigenvalue weighted by Crippen LogP contribution is 2.62. The van der Waals surface area contributed by atoms with Gasteiger partial charge in [-0.3, -0.25) is 18.9 Å². The first-order valence-electron chi connectivity index (χ1n) is 8.08. The second kappa shape index (κ2) is 6.63. The number of amides is 2. The van der Waals surface area contributed by atoms with Crippen LogP contribution in [-0.2, 0) is 18.9 Å². The molecule has 146 valence electrons. The molecular formula is C16H19N2O7PS. The number of hydrogen-bond acceptors (Lipinski definition) is 5. The number of aliphatic carboxylic acids is 1. The van der Waals surface area contributed by atoms with Crippen LogP contribution in [0, 0.1) is 0 Å². The Kier molecular flexibility index (Phi) is 4.88. The second-order valence-electron chi connectivity index (χ2n) is 6.99. The van der Waals surface area contributed by atoms with Crippen molar-refractivity contribution in [3.63, 3.8) is 0 Å². The molecule has 3 rings (SSSR count). The number of carbonyl (C=O) groups is 3. The SMILES string of the molecule is CC1(C)S[C@@H]2C(NC(=O)C(C(=O)O)c3ccccc3)C(=O)N2C1P(=O)(O)O. The van der Waals surface area contributed by atoms with Crippen molar-refractivity contribution in [1.82, 2.24) is 10.2 Å². The third-order valence-corrected chi connectivity index (χ3v) is 7.93. The van der Waals surface area contributed by atoms with Gasteiger partial charge in [-0.2, -0.15) is 0 Å². The second-order valence-corrected chi connectivity index (χ2v) is 10.4. The van der Waals surface area contributed by atoms with Crippen molar-refractivity contribution in [1.29, 1.82) is 0 Å². The molecule has 1 aromatic carbocycles. The van der Waals surface area contributed by atoms with E-state index >= 15 is 0 Å². The quantitative estimate of drug-likeness (QED) is 0.310. The number of nitrogens with zero attached hydrogens (tertiary/aromatic N) is 1. The van der Waals surface area contributed by atoms with E-state index in [1.165, 1.54) is 23.9 Å². The van der Waals surface area contributed by atoms with Crippen molar-refractivity contribution in [2.75, 3.05) is 0 Å². The Morgan fingerprint density at radius 1 is 1.26 bits per heavy atom. The predicted octanol–water partition coefficient (Wildman–Crippen LogP) is 0.537. The van der Waals surface area contributed by atoms with Crippen LogP contribution in [0.3, 0.4) is 0 Å². The van der Waals surface area contributed by atoms with Crippen LogP contribution in [0.1, 0.15) is 25.3 Å². The Hall–Kier alpha value is -1.87. The summed E-state index contributed by atoms with van der Waals surface area (Å²) in [7, 11) is -4.58. The predicted molar refractivity (Wildman–Crippen MR) is 96.9 cm³/mol. The van der Waals surface area contributed by atoms with Gasteiger partial charge in [0.15, 0.2) is 5.92 Å². The fraction of sp³-hybridized carbons (Fsp3) is 0.438. The molecule has 0 radical (unpaired) electrons. The number of carbonyl (C=O) groups excluding carboxylic acids is 2. The summed E-state index contributed by atoms with van der Waals surface area (Å²) in [5, 5.41) is 11.2. The Morgan fingerprint density at radius 2 is 1.85 bits per heavy atom. The van der Waals surface area contributed by atoms with E-state index in [2.05, 4.69) is 5.32 Å². The van der Waals surface area contributed by atoms with Crippen molar-refractivity contribution in [3.05, 3.63) is 35.9 Å². The van der Waals surface area contributed by atoms with E-state index in [9.17, 15) is 33.8 Å². The summed E-state index contributed by atoms with van der Waals surface area (Å²) >= 11 is 1.17. The highest BCUT2D eigenvalue weighted by atomic mass is 32.2. The summed E-state index contributed by atoms with van der Waals surface area (Å²) in [5.41, 5.74) is 0.277. The summed E-state index contributed by atoms with van der Waals surface area (Å²) in [4.78, 5) is 56.9. The molecule has 0 saturated carbocycles. The highest BCUT2D eigenvalue weighted by Gasteiger charge is 2.66. The van der Waals surface area contributed by atoms with Gasteiger partial charge in [0, 0.05) is 4.75 Å². The number of thioether (sulfide) groups is 1. The molecule has 0 aliphatic carbocycles. The first kappa shape index (κ1) is 19.9. The van der Waals surface area contributed by atoms with Gasteiger partial charge in [-0.1, -0.05) is 30.3 Å². The molecule has 1 aromatic rings. The average molecular weight is 414 g/mol. The Morgan fingerprint density at radius 3 is 2.37 bits per heavy atom. The van der Waals surface area contributed by atoms with E-state index in [-0.39, 0.29) is 5.56 Å². The van der Waals surface area contributed by atoms with Gasteiger partial charge in [-0.15, -0.1) is 11.8 Å². The van der Waals surface area contributed by atoms with Gasteiger partial charge in [0.05, 0.1) is 0 Å². The molecule has 27 heavy (non-hydrogen) atoms. The monoisotopic (exact) mass is 414 g/mol. The normalized spacial score (nSPS) is 27.5. The number of carboxylic acid groups (broad SMARTS) is 1. The number of hydrogen-bond donors (Lipinski definition) is 4. The van der Waals surface area contributed by atoms with Crippen LogP contribution in [-0.4, -0.2) is 59.5 Å². The van der Waals surface area contributed by atoms with Crippen molar-refractivity contribution >= 4 is 37.1 Å². The molecule has 2 saturated heterocycles. The molecule has 0 bridgehead atoms. The van der Waals surface area contributed by atoms with E-state index < -0.39 is 53.2 Å². The first-order valence-corrected chi connectivity index (χ1v) is 10.6. The van der Waals surface area contributed by atoms with Gasteiger partial charge in [-0.05, 0) is 19.4 Å². The van der Waals surface area contributed by atoms with Crippen LogP contribution in [0.25, 0.3) is 0 Å². The van der Waals surface area contributed by atoms with E-state index in [1.807, 2.05) is 0 Å². The van der Waals surface area contributed by atoms with Gasteiger partial charge in [0.1, 0.15) is 17.2 Å². The molecule has 0 aromatic heterocycles. The molecule has 3 unspecified atom stereocenters. The standard InChI is InChI=1S/C16H19N2O7PS/c1-16(2)15(26(23,24)25)18-12(20)10(13(18)27-16)17-11(19)9(14(21)22)8-6-4-3-5-7-8/h3-7,9-10,13,15H,1-2H3,(H,17,19)(H,21,22)(H2,23,24,25)/t9?,10?,13-,15?/m1/s1. The van der Waals surface area contributed by atoms with E-state index in [1.54, 1.807) is 32.0 Å². The van der Waals surface area contributed by atoms with E-state index in [0.717, 1.165) is 4.90 Å². The molecule has 4 atom stereocenters. The van der Waals surface area contributed by atoms with Crippen LogP contribution in [0.5, 0.6) is 0 Å². The molecule has 2 heterocycles. The molecule has 11 heteroatoms. The number of fused-ring (bicyclic) bond motifs is 1. The lowest BCUT2D eigenvalue weighted by atomic mass is 9.97. The molecule has 2 aliphatic heterocycles. The van der Waals surface area contributed by atoms with Crippen LogP contribution in [0.2, 0.25) is 0 Å². The highest BCUT2D eigenvalue weighted by molar-refractivity contribution is 8.02. The maximum absolute atomic E-state index is 12.5. The minimum atomic E-state index is -4.58. The van der Waals surface area contributed by atoms with Gasteiger partial charge in [-0.25, -0.2) is 0 Å². The number of rotatable bonds is 5. The Balaban J connectivity index is 1.80. The largest absolute Gasteiger partial charge is 0.480 e. The van der Waals surface area contributed by atoms with Crippen molar-refractivity contribution < 1.29 is 33.8 Å². The zero-order valence-corrected chi connectivity index (χ0v) is 16.2. The van der Waals surface area contributed by atoms with Gasteiger partial charge >= 0.3 is 13.6 Å². The van der Waals surface area contributed by atoms with Crippen LogP contribution in [0.15, 0.2) is 30.3 Å². The average Bonchev–Trinajstić information content (AvgIpc) is 2.81. The van der Waals surface area contributed by atoms with Gasteiger partial charge in [0.25, 0.3) is 0 Å². The molecule has 2 amide bonds. The maximum Gasteiger partial charge on any atom is 0.349 e. The molecule has 0 spiro atoms. The number of benzene rings is 1. The van der Waals surface area contributed by atoms with E-state index in [0.29, 0.717) is 0 Å². The molecule has 2 aliphatic rings. The van der Waals surface area contributed by atoms with Crippen LogP contribution < -0.4 is 5.32 Å². The molecular weight excluding hydrogens is 395 g/mol. The van der Waals surface area contributed by atoms with Crippen molar-refractivity contribution in [2.24, 2.45) is 0 Å². The summed E-state index contributed by atoms with van der Waals surface area (Å²) in [6.45, 7) is 3.24. The Labute approximate surface area is 159 Å². The lowest BCUT2D eigenvalue weighted by Crippen LogP contribution is -2.69. The molecule has 2 fully saturated rings. The number of β-lactam (4-membered cyclic amide) rings is 1. The number of nitrogens with one attached hydrogen (secondary N) is 1. The summed E-state index contributed by atoms with van der Waals surface area (Å²) in [5.74, 6) is -5.59. The minimum Gasteiger partial charge on any atom is -0.480 e. The summed E-state index contributed by atoms with van der Waals surface area (Å²) in [6, 6.07) is 6.88. The van der Waals surface area contributed by atoms with Gasteiger partial charge < -0.3 is 25.1 Å². The molecule has 9 nitrogen and oxygen atoms in total. The van der Waals surface area contributed by atoms with Crippen LogP contribution >= 0.6 is 19.4 Å². The zero-order valence-electron chi connectivity index (χ0n) is 14.5. The van der Waals surface area contributed by atoms with Crippen molar-refractivity contribution in [3.8, 4) is 0 Å². The lowest BCUT2D eigenvalue weighted by molar-refractivity contribution is -0.152. The summed E-state index contributed by atoms with van der Waals surface area (Å²) < 4.78 is 10.9. The Bertz CT molecular complexity index is 840. The fourth-order valence-corrected chi connectivity index (χ4v) is 7.16. The fourth-order valence-electron chi connectivity index (χ4n) is 3.57. The topological polar surface area (TPSA) is 144 Å². The third-order valence-electron chi connectivity index (χ3n) is 4.65. The first-order chi connectivity index (χ1) is 12.4. The van der Waals surface area contributed by atoms with Crippen molar-refractivity contribution in [2.45, 2.75) is 41.7 Å². The maximum atomic E-state index is 12.5.